The van der Waals surface area contributed by atoms with Crippen LogP contribution in [0.15, 0.2) is 24.3 Å². The molecule has 1 saturated heterocycles. The molecule has 1 atom stereocenters. The lowest BCUT2D eigenvalue weighted by Crippen LogP contribution is -2.43. The number of aliphatic hydroxyl groups excluding tert-OH is 1. The van der Waals surface area contributed by atoms with Crippen LogP contribution < -0.4 is 15.5 Å². The van der Waals surface area contributed by atoms with Crippen LogP contribution >= 0.6 is 11.6 Å². The van der Waals surface area contributed by atoms with Crippen molar-refractivity contribution in [2.24, 2.45) is 0 Å². The smallest absolute Gasteiger partial charge is 0.0847 e. The summed E-state index contributed by atoms with van der Waals surface area (Å²) in [5.74, 6) is 0.253. The Balaban J connectivity index is 2.04. The maximum Gasteiger partial charge on any atom is 0.0847 e. The van der Waals surface area contributed by atoms with E-state index in [0.29, 0.717) is 6.54 Å². The first-order valence-corrected chi connectivity index (χ1v) is 6.87. The number of hydrogen-bond donors (Lipinski definition) is 3. The third kappa shape index (κ3) is 3.51. The highest BCUT2D eigenvalue weighted by Crippen LogP contribution is 2.25. The average molecular weight is 270 g/mol. The highest BCUT2D eigenvalue weighted by Gasteiger charge is 2.13. The molecular formula is C13H20ClN3O. The van der Waals surface area contributed by atoms with Crippen molar-refractivity contribution >= 4 is 23.0 Å². The van der Waals surface area contributed by atoms with Gasteiger partial charge < -0.3 is 20.6 Å². The van der Waals surface area contributed by atoms with E-state index in [1.807, 2.05) is 18.2 Å². The van der Waals surface area contributed by atoms with Crippen molar-refractivity contribution in [2.45, 2.75) is 6.10 Å². The zero-order valence-electron chi connectivity index (χ0n) is 10.4. The van der Waals surface area contributed by atoms with Crippen molar-refractivity contribution in [3.05, 3.63) is 24.3 Å². The topological polar surface area (TPSA) is 47.5 Å². The number of benzene rings is 1. The Bertz CT molecular complexity index is 369. The SMILES string of the molecule is OC(CCl)CNc1ccccc1N1CCNCC1. The summed E-state index contributed by atoms with van der Waals surface area (Å²) in [4.78, 5) is 2.35. The molecule has 1 aromatic carbocycles. The summed E-state index contributed by atoms with van der Waals surface area (Å²) >= 11 is 5.60. The molecule has 1 aromatic rings. The molecule has 0 spiro atoms. The second-order valence-corrected chi connectivity index (χ2v) is 4.75. The number of piperazine rings is 1. The lowest BCUT2D eigenvalue weighted by molar-refractivity contribution is 0.211. The molecule has 0 amide bonds. The first-order chi connectivity index (χ1) is 8.81. The number of alkyl halides is 1. The molecule has 1 unspecified atom stereocenters. The van der Waals surface area contributed by atoms with E-state index in [1.165, 1.54) is 5.69 Å². The molecule has 0 bridgehead atoms. The van der Waals surface area contributed by atoms with Gasteiger partial charge in [0.25, 0.3) is 0 Å². The van der Waals surface area contributed by atoms with Gasteiger partial charge >= 0.3 is 0 Å². The standard InChI is InChI=1S/C13H20ClN3O/c14-9-11(18)10-16-12-3-1-2-4-13(12)17-7-5-15-6-8-17/h1-4,11,15-16,18H,5-10H2. The molecule has 0 radical (unpaired) electrons. The van der Waals surface area contributed by atoms with Crippen LogP contribution in [0.3, 0.4) is 0 Å². The maximum absolute atomic E-state index is 9.50. The normalized spacial score (nSPS) is 17.6. The largest absolute Gasteiger partial charge is 0.390 e. The van der Waals surface area contributed by atoms with Gasteiger partial charge in [-0.3, -0.25) is 0 Å². The van der Waals surface area contributed by atoms with Gasteiger partial charge in [-0.15, -0.1) is 11.6 Å². The predicted octanol–water partition coefficient (Wildman–Crippen LogP) is 1.11. The van der Waals surface area contributed by atoms with Crippen molar-refractivity contribution in [2.75, 3.05) is 48.8 Å². The Hall–Kier alpha value is -0.970. The van der Waals surface area contributed by atoms with Gasteiger partial charge in [0.15, 0.2) is 0 Å². The number of nitrogens with zero attached hydrogens (tertiary/aromatic N) is 1. The molecule has 1 aliphatic heterocycles. The number of anilines is 2. The van der Waals surface area contributed by atoms with Gasteiger partial charge in [-0.05, 0) is 12.1 Å². The Kier molecular flexibility index (Phi) is 5.11. The van der Waals surface area contributed by atoms with Crippen molar-refractivity contribution < 1.29 is 5.11 Å². The fraction of sp³-hybridized carbons (Fsp3) is 0.538. The highest BCUT2D eigenvalue weighted by atomic mass is 35.5. The van der Waals surface area contributed by atoms with Crippen molar-refractivity contribution in [3.63, 3.8) is 0 Å². The second kappa shape index (κ2) is 6.83. The Labute approximate surface area is 113 Å². The third-order valence-corrected chi connectivity index (χ3v) is 3.42. The van der Waals surface area contributed by atoms with Crippen molar-refractivity contribution in [1.29, 1.82) is 0 Å². The summed E-state index contributed by atoms with van der Waals surface area (Å²) in [7, 11) is 0. The van der Waals surface area contributed by atoms with E-state index in [4.69, 9.17) is 11.6 Å². The van der Waals surface area contributed by atoms with Crippen LogP contribution in [0.25, 0.3) is 0 Å². The van der Waals surface area contributed by atoms with Gasteiger partial charge in [0.2, 0.25) is 0 Å². The molecule has 1 aliphatic rings. The molecule has 3 N–H and O–H groups in total. The van der Waals surface area contributed by atoms with Crippen LogP contribution in [0.4, 0.5) is 11.4 Å². The molecule has 0 aromatic heterocycles. The molecule has 18 heavy (non-hydrogen) atoms. The summed E-state index contributed by atoms with van der Waals surface area (Å²) in [5, 5.41) is 16.1. The van der Waals surface area contributed by atoms with Crippen molar-refractivity contribution in [1.82, 2.24) is 5.32 Å². The summed E-state index contributed by atoms with van der Waals surface area (Å²) in [5.41, 5.74) is 2.25. The fourth-order valence-corrected chi connectivity index (χ4v) is 2.20. The molecule has 4 nitrogen and oxygen atoms in total. The maximum atomic E-state index is 9.50. The number of aliphatic hydroxyl groups is 1. The zero-order chi connectivity index (χ0) is 12.8. The fourth-order valence-electron chi connectivity index (χ4n) is 2.09. The molecule has 2 rings (SSSR count). The van der Waals surface area contributed by atoms with Gasteiger partial charge in [-0.25, -0.2) is 0 Å². The third-order valence-electron chi connectivity index (χ3n) is 3.07. The molecule has 1 fully saturated rings. The van der Waals surface area contributed by atoms with E-state index < -0.39 is 6.10 Å². The first kappa shape index (κ1) is 13.5. The molecule has 1 heterocycles. The minimum Gasteiger partial charge on any atom is -0.390 e. The number of nitrogens with one attached hydrogen (secondary N) is 2. The van der Waals surface area contributed by atoms with E-state index in [2.05, 4.69) is 21.6 Å². The number of halogens is 1. The van der Waals surface area contributed by atoms with Crippen LogP contribution in [0.1, 0.15) is 0 Å². The average Bonchev–Trinajstić information content (AvgIpc) is 2.46. The van der Waals surface area contributed by atoms with Crippen LogP contribution in [-0.4, -0.2) is 49.8 Å². The zero-order valence-corrected chi connectivity index (χ0v) is 11.2. The lowest BCUT2D eigenvalue weighted by atomic mass is 10.2. The van der Waals surface area contributed by atoms with E-state index in [1.54, 1.807) is 0 Å². The molecule has 0 saturated carbocycles. The molecule has 5 heteroatoms. The van der Waals surface area contributed by atoms with Gasteiger partial charge in [0.05, 0.1) is 23.4 Å². The van der Waals surface area contributed by atoms with E-state index in [0.717, 1.165) is 31.9 Å². The Morgan fingerprint density at radius 2 is 2.06 bits per heavy atom. The molecular weight excluding hydrogens is 250 g/mol. The highest BCUT2D eigenvalue weighted by molar-refractivity contribution is 6.18. The molecule has 100 valence electrons. The predicted molar refractivity (Wildman–Crippen MR) is 76.7 cm³/mol. The summed E-state index contributed by atoms with van der Waals surface area (Å²) in [6.45, 7) is 4.53. The Morgan fingerprint density at radius 3 is 2.78 bits per heavy atom. The first-order valence-electron chi connectivity index (χ1n) is 6.34. The van der Waals surface area contributed by atoms with Crippen LogP contribution in [0.2, 0.25) is 0 Å². The summed E-state index contributed by atoms with van der Waals surface area (Å²) in [6, 6.07) is 8.20. The van der Waals surface area contributed by atoms with E-state index >= 15 is 0 Å². The van der Waals surface area contributed by atoms with Crippen molar-refractivity contribution in [3.8, 4) is 0 Å². The molecule has 0 aliphatic carbocycles. The van der Waals surface area contributed by atoms with Gasteiger partial charge in [0, 0.05) is 32.7 Å². The van der Waals surface area contributed by atoms with Gasteiger partial charge in [-0.2, -0.15) is 0 Å². The monoisotopic (exact) mass is 269 g/mol. The Morgan fingerprint density at radius 1 is 1.33 bits per heavy atom. The number of hydrogen-bond acceptors (Lipinski definition) is 4. The lowest BCUT2D eigenvalue weighted by Gasteiger charge is -2.31. The number of rotatable bonds is 5. The minimum atomic E-state index is -0.511. The summed E-state index contributed by atoms with van der Waals surface area (Å²) < 4.78 is 0. The van der Waals surface area contributed by atoms with E-state index in [9.17, 15) is 5.11 Å². The van der Waals surface area contributed by atoms with Gasteiger partial charge in [0.1, 0.15) is 0 Å². The minimum absolute atomic E-state index is 0.253. The van der Waals surface area contributed by atoms with Gasteiger partial charge in [-0.1, -0.05) is 12.1 Å². The summed E-state index contributed by atoms with van der Waals surface area (Å²) in [6.07, 6.45) is -0.511. The van der Waals surface area contributed by atoms with Crippen LogP contribution in [0, 0.1) is 0 Å². The quantitative estimate of drug-likeness (QED) is 0.701. The van der Waals surface area contributed by atoms with Crippen LogP contribution in [-0.2, 0) is 0 Å². The van der Waals surface area contributed by atoms with E-state index in [-0.39, 0.29) is 5.88 Å². The number of para-hydroxylation sites is 2. The van der Waals surface area contributed by atoms with Crippen LogP contribution in [0.5, 0.6) is 0 Å². The second-order valence-electron chi connectivity index (χ2n) is 4.44.